The van der Waals surface area contributed by atoms with Gasteiger partial charge in [-0.05, 0) is 74.9 Å². The molecule has 0 saturated carbocycles. The predicted molar refractivity (Wildman–Crippen MR) is 144 cm³/mol. The molecule has 5 aromatic rings. The van der Waals surface area contributed by atoms with Crippen molar-refractivity contribution >= 4 is 32.3 Å². The second kappa shape index (κ2) is 7.56. The Labute approximate surface area is 201 Å². The van der Waals surface area contributed by atoms with Gasteiger partial charge in [0.05, 0.1) is 11.1 Å². The van der Waals surface area contributed by atoms with E-state index in [9.17, 15) is 0 Å². The summed E-state index contributed by atoms with van der Waals surface area (Å²) < 4.78 is 6.84. The average Bonchev–Trinajstić information content (AvgIpc) is 2.79. The van der Waals surface area contributed by atoms with Crippen LogP contribution in [0.3, 0.4) is 0 Å². The fraction of sp³-hybridized carbons (Fsp3) is 0.281. The first kappa shape index (κ1) is 21.2. The van der Waals surface area contributed by atoms with Crippen molar-refractivity contribution in [3.8, 4) is 22.8 Å². The van der Waals surface area contributed by atoms with Crippen LogP contribution in [0.4, 0.5) is 0 Å². The molecule has 0 amide bonds. The standard InChI is InChI=1S/C32H31NO/c1-19(2)15-26-22-11-7-6-9-20(22)16-27-30-29-24(13-14-33-30)23-12-8-10-21(18-32(3,4)5)25(23)17-28(29)34-31(26)27/h6-14,16-17,19H,15,18H2,1-5H3. The zero-order chi connectivity index (χ0) is 23.6. The van der Waals surface area contributed by atoms with Gasteiger partial charge in [-0.25, -0.2) is 0 Å². The molecule has 0 bridgehead atoms. The molecule has 0 atom stereocenters. The molecular formula is C32H31NO. The van der Waals surface area contributed by atoms with Crippen molar-refractivity contribution in [1.82, 2.24) is 4.98 Å². The minimum atomic E-state index is 0.209. The molecule has 1 aliphatic heterocycles. The summed E-state index contributed by atoms with van der Waals surface area (Å²) in [6.07, 6.45) is 3.95. The zero-order valence-electron chi connectivity index (χ0n) is 20.7. The van der Waals surface area contributed by atoms with Crippen LogP contribution >= 0.6 is 0 Å². The van der Waals surface area contributed by atoms with Crippen LogP contribution in [0.25, 0.3) is 43.6 Å². The Kier molecular flexibility index (Phi) is 4.71. The predicted octanol–water partition coefficient (Wildman–Crippen LogP) is 9.10. The third-order valence-electron chi connectivity index (χ3n) is 6.86. The zero-order valence-corrected chi connectivity index (χ0v) is 20.7. The van der Waals surface area contributed by atoms with Crippen LogP contribution < -0.4 is 4.74 Å². The monoisotopic (exact) mass is 445 g/mol. The lowest BCUT2D eigenvalue weighted by Crippen LogP contribution is -2.10. The number of hydrogen-bond acceptors (Lipinski definition) is 2. The van der Waals surface area contributed by atoms with Gasteiger partial charge in [0.1, 0.15) is 11.5 Å². The molecule has 34 heavy (non-hydrogen) atoms. The van der Waals surface area contributed by atoms with Crippen molar-refractivity contribution < 1.29 is 4.74 Å². The third-order valence-corrected chi connectivity index (χ3v) is 6.86. The highest BCUT2D eigenvalue weighted by atomic mass is 16.5. The van der Waals surface area contributed by atoms with E-state index in [2.05, 4.69) is 95.3 Å². The van der Waals surface area contributed by atoms with E-state index >= 15 is 0 Å². The summed E-state index contributed by atoms with van der Waals surface area (Å²) in [7, 11) is 0. The van der Waals surface area contributed by atoms with Gasteiger partial charge in [0.2, 0.25) is 0 Å². The molecule has 2 nitrogen and oxygen atoms in total. The summed E-state index contributed by atoms with van der Waals surface area (Å²) in [5.74, 6) is 2.44. The molecule has 4 aromatic carbocycles. The molecule has 170 valence electrons. The van der Waals surface area contributed by atoms with E-state index in [1.165, 1.54) is 38.1 Å². The average molecular weight is 446 g/mol. The fourth-order valence-corrected chi connectivity index (χ4v) is 5.58. The second-order valence-electron chi connectivity index (χ2n) is 11.4. The van der Waals surface area contributed by atoms with E-state index in [-0.39, 0.29) is 5.41 Å². The van der Waals surface area contributed by atoms with Crippen molar-refractivity contribution in [1.29, 1.82) is 0 Å². The van der Waals surface area contributed by atoms with Crippen molar-refractivity contribution in [2.24, 2.45) is 11.3 Å². The molecule has 1 aliphatic rings. The summed E-state index contributed by atoms with van der Waals surface area (Å²) in [6.45, 7) is 11.4. The fourth-order valence-electron chi connectivity index (χ4n) is 5.58. The van der Waals surface area contributed by atoms with E-state index in [0.717, 1.165) is 41.0 Å². The van der Waals surface area contributed by atoms with Crippen LogP contribution in [-0.2, 0) is 12.8 Å². The normalized spacial score (nSPS) is 13.0. The number of benzene rings is 4. The quantitative estimate of drug-likeness (QED) is 0.253. The summed E-state index contributed by atoms with van der Waals surface area (Å²) >= 11 is 0. The van der Waals surface area contributed by atoms with Crippen LogP contribution in [0.5, 0.6) is 11.5 Å². The van der Waals surface area contributed by atoms with Crippen molar-refractivity contribution in [3.63, 3.8) is 0 Å². The van der Waals surface area contributed by atoms with Crippen molar-refractivity contribution in [2.45, 2.75) is 47.5 Å². The molecule has 2 heterocycles. The SMILES string of the molecule is CC(C)Cc1c2c(cc3ccccc13)-c1nccc3c1c(cc1c(CC(C)(C)C)cccc13)O2. The van der Waals surface area contributed by atoms with Crippen molar-refractivity contribution in [2.75, 3.05) is 0 Å². The van der Waals surface area contributed by atoms with Gasteiger partial charge in [-0.2, -0.15) is 0 Å². The number of hydrogen-bond donors (Lipinski definition) is 0. The van der Waals surface area contributed by atoms with Crippen LogP contribution in [0.2, 0.25) is 0 Å². The number of aromatic nitrogens is 1. The lowest BCUT2D eigenvalue weighted by molar-refractivity contribution is 0.412. The summed E-state index contributed by atoms with van der Waals surface area (Å²) in [5.41, 5.74) is 5.01. The first-order valence-corrected chi connectivity index (χ1v) is 12.4. The van der Waals surface area contributed by atoms with Gasteiger partial charge in [-0.15, -0.1) is 0 Å². The van der Waals surface area contributed by atoms with Gasteiger partial charge in [0.25, 0.3) is 0 Å². The molecule has 0 unspecified atom stereocenters. The van der Waals surface area contributed by atoms with E-state index in [1.54, 1.807) is 0 Å². The Morgan fingerprint density at radius 1 is 0.853 bits per heavy atom. The largest absolute Gasteiger partial charge is 0.456 e. The van der Waals surface area contributed by atoms with Crippen molar-refractivity contribution in [3.05, 3.63) is 78.0 Å². The van der Waals surface area contributed by atoms with Gasteiger partial charge in [0.15, 0.2) is 0 Å². The van der Waals surface area contributed by atoms with Gasteiger partial charge >= 0.3 is 0 Å². The highest BCUT2D eigenvalue weighted by molar-refractivity contribution is 6.17. The highest BCUT2D eigenvalue weighted by Crippen LogP contribution is 2.51. The molecule has 6 rings (SSSR count). The maximum absolute atomic E-state index is 6.84. The molecule has 0 aliphatic carbocycles. The molecule has 0 N–H and O–H groups in total. The first-order valence-electron chi connectivity index (χ1n) is 12.4. The Balaban J connectivity index is 1.69. The Hall–Kier alpha value is -3.39. The van der Waals surface area contributed by atoms with Crippen LogP contribution in [-0.4, -0.2) is 4.98 Å². The number of ether oxygens (including phenoxy) is 1. The van der Waals surface area contributed by atoms with Gasteiger partial charge < -0.3 is 4.74 Å². The number of pyridine rings is 1. The topological polar surface area (TPSA) is 22.1 Å². The summed E-state index contributed by atoms with van der Waals surface area (Å²) in [5, 5.41) is 7.43. The van der Waals surface area contributed by atoms with E-state index < -0.39 is 0 Å². The van der Waals surface area contributed by atoms with E-state index in [4.69, 9.17) is 9.72 Å². The van der Waals surface area contributed by atoms with Gasteiger partial charge in [-0.3, -0.25) is 4.98 Å². The number of rotatable bonds is 3. The molecular weight excluding hydrogens is 414 g/mol. The molecule has 0 saturated heterocycles. The van der Waals surface area contributed by atoms with E-state index in [1.807, 2.05) is 6.20 Å². The van der Waals surface area contributed by atoms with Crippen LogP contribution in [0, 0.1) is 11.3 Å². The minimum absolute atomic E-state index is 0.209. The molecule has 0 spiro atoms. The summed E-state index contributed by atoms with van der Waals surface area (Å²) in [6, 6.07) is 22.0. The minimum Gasteiger partial charge on any atom is -0.456 e. The smallest absolute Gasteiger partial charge is 0.140 e. The Morgan fingerprint density at radius 2 is 1.65 bits per heavy atom. The maximum atomic E-state index is 6.84. The number of fused-ring (bicyclic) bond motifs is 5. The van der Waals surface area contributed by atoms with Gasteiger partial charge in [-0.1, -0.05) is 77.1 Å². The number of nitrogens with zero attached hydrogens (tertiary/aromatic N) is 1. The van der Waals surface area contributed by atoms with Crippen LogP contribution in [0.15, 0.2) is 66.9 Å². The maximum Gasteiger partial charge on any atom is 0.140 e. The molecule has 2 heteroatoms. The van der Waals surface area contributed by atoms with Gasteiger partial charge in [0, 0.05) is 17.3 Å². The highest BCUT2D eigenvalue weighted by Gasteiger charge is 2.27. The molecule has 1 aromatic heterocycles. The lowest BCUT2D eigenvalue weighted by Gasteiger charge is -2.26. The first-order chi connectivity index (χ1) is 16.3. The van der Waals surface area contributed by atoms with E-state index in [0.29, 0.717) is 5.92 Å². The second-order valence-corrected chi connectivity index (χ2v) is 11.4. The lowest BCUT2D eigenvalue weighted by atomic mass is 9.84. The Bertz CT molecular complexity index is 1590. The Morgan fingerprint density at radius 3 is 2.44 bits per heavy atom. The summed E-state index contributed by atoms with van der Waals surface area (Å²) in [4.78, 5) is 4.91. The molecule has 0 fully saturated rings. The van der Waals surface area contributed by atoms with Crippen LogP contribution in [0.1, 0.15) is 45.7 Å². The molecule has 0 radical (unpaired) electrons. The third kappa shape index (κ3) is 3.36.